The van der Waals surface area contributed by atoms with Crippen molar-refractivity contribution >= 4 is 22.7 Å². The minimum atomic E-state index is -0.280. The molecule has 0 aromatic heterocycles. The molecule has 4 nitrogen and oxygen atoms in total. The van der Waals surface area contributed by atoms with Crippen molar-refractivity contribution in [2.24, 2.45) is 5.92 Å². The van der Waals surface area contributed by atoms with Crippen LogP contribution in [-0.4, -0.2) is 12.1 Å². The monoisotopic (exact) mass is 630 g/mol. The average Bonchev–Trinajstić information content (AvgIpc) is 3.64. The number of para-hydroxylation sites is 3. The fourth-order valence-corrected chi connectivity index (χ4v) is 8.87. The number of rotatable bonds is 4. The van der Waals surface area contributed by atoms with Crippen LogP contribution in [0, 0.1) is 28.6 Å². The second-order valence-corrected chi connectivity index (χ2v) is 13.6. The highest BCUT2D eigenvalue weighted by Crippen LogP contribution is 2.55. The van der Waals surface area contributed by atoms with Crippen LogP contribution in [-0.2, 0) is 5.41 Å². The van der Waals surface area contributed by atoms with E-state index in [9.17, 15) is 10.5 Å². The molecule has 2 aliphatic carbocycles. The topological polar surface area (TPSA) is 54.1 Å². The van der Waals surface area contributed by atoms with E-state index in [4.69, 9.17) is 0 Å². The molecule has 0 saturated heterocycles. The molecule has 5 atom stereocenters. The number of benzene rings is 5. The van der Waals surface area contributed by atoms with Crippen molar-refractivity contribution in [3.63, 3.8) is 0 Å². The quantitative estimate of drug-likeness (QED) is 0.185. The van der Waals surface area contributed by atoms with Gasteiger partial charge in [-0.1, -0.05) is 115 Å². The lowest BCUT2D eigenvalue weighted by Gasteiger charge is -2.40. The van der Waals surface area contributed by atoms with Gasteiger partial charge in [0.2, 0.25) is 0 Å². The van der Waals surface area contributed by atoms with Crippen LogP contribution in [0.1, 0.15) is 36.0 Å². The third-order valence-corrected chi connectivity index (χ3v) is 11.1. The first kappa shape index (κ1) is 29.1. The molecule has 49 heavy (non-hydrogen) atoms. The molecular formula is C45H34N4. The Balaban J connectivity index is 1.09. The van der Waals surface area contributed by atoms with Gasteiger partial charge in [0.25, 0.3) is 0 Å². The zero-order valence-electron chi connectivity index (χ0n) is 27.2. The zero-order chi connectivity index (χ0) is 33.1. The van der Waals surface area contributed by atoms with Crippen LogP contribution in [0.3, 0.4) is 0 Å². The lowest BCUT2D eigenvalue weighted by atomic mass is 9.69. The summed E-state index contributed by atoms with van der Waals surface area (Å²) in [5.41, 5.74) is 11.5. The summed E-state index contributed by atoms with van der Waals surface area (Å²) in [6, 6.07) is 45.8. The van der Waals surface area contributed by atoms with Gasteiger partial charge in [0.15, 0.2) is 0 Å². The lowest BCUT2D eigenvalue weighted by molar-refractivity contribution is 0.379. The van der Waals surface area contributed by atoms with Crippen molar-refractivity contribution < 1.29 is 0 Å². The van der Waals surface area contributed by atoms with Gasteiger partial charge in [0.05, 0.1) is 35.7 Å². The van der Waals surface area contributed by atoms with Crippen LogP contribution >= 0.6 is 0 Å². The van der Waals surface area contributed by atoms with Crippen molar-refractivity contribution in [2.75, 3.05) is 9.80 Å². The Labute approximate surface area is 287 Å². The summed E-state index contributed by atoms with van der Waals surface area (Å²) in [5, 5.41) is 20.8. The fraction of sp³-hybridized carbons (Fsp3) is 0.156. The van der Waals surface area contributed by atoms with Crippen molar-refractivity contribution in [3.05, 3.63) is 168 Å². The molecule has 4 heteroatoms. The van der Waals surface area contributed by atoms with Crippen molar-refractivity contribution in [1.29, 1.82) is 10.5 Å². The maximum absolute atomic E-state index is 10.5. The van der Waals surface area contributed by atoms with Crippen molar-refractivity contribution in [3.8, 4) is 34.4 Å². The van der Waals surface area contributed by atoms with E-state index in [2.05, 4.69) is 175 Å². The SMILES string of the molecule is CC12C=CCC(C#N)C1N(c1ccccc1-c1ccc(-c3ccc(N4c5ccccc5C5C=CC=CC54)cc3)c(C#N)c1)c1ccccc12. The molecule has 0 N–H and O–H groups in total. The molecule has 4 aliphatic rings. The minimum absolute atomic E-state index is 0.0350. The first-order valence-corrected chi connectivity index (χ1v) is 17.0. The summed E-state index contributed by atoms with van der Waals surface area (Å²) in [7, 11) is 0. The van der Waals surface area contributed by atoms with E-state index in [0.29, 0.717) is 11.5 Å². The second-order valence-electron chi connectivity index (χ2n) is 13.6. The Morgan fingerprint density at radius 2 is 1.41 bits per heavy atom. The molecule has 2 heterocycles. The average molecular weight is 631 g/mol. The molecule has 2 aliphatic heterocycles. The molecule has 0 bridgehead atoms. The van der Waals surface area contributed by atoms with Gasteiger partial charge < -0.3 is 9.80 Å². The predicted molar refractivity (Wildman–Crippen MR) is 198 cm³/mol. The van der Waals surface area contributed by atoms with Gasteiger partial charge in [0, 0.05) is 39.6 Å². The van der Waals surface area contributed by atoms with Gasteiger partial charge in [-0.2, -0.15) is 10.5 Å². The molecular weight excluding hydrogens is 597 g/mol. The van der Waals surface area contributed by atoms with Crippen molar-refractivity contribution in [2.45, 2.75) is 36.8 Å². The summed E-state index contributed by atoms with van der Waals surface area (Å²) in [4.78, 5) is 4.81. The summed E-state index contributed by atoms with van der Waals surface area (Å²) < 4.78 is 0. The summed E-state index contributed by atoms with van der Waals surface area (Å²) in [6.07, 6.45) is 14.1. The summed E-state index contributed by atoms with van der Waals surface area (Å²) in [5.74, 6) is 0.186. The zero-order valence-corrected chi connectivity index (χ0v) is 27.2. The van der Waals surface area contributed by atoms with Gasteiger partial charge in [-0.25, -0.2) is 0 Å². The van der Waals surface area contributed by atoms with Crippen molar-refractivity contribution in [1.82, 2.24) is 0 Å². The third-order valence-electron chi connectivity index (χ3n) is 11.1. The molecule has 0 fully saturated rings. The Morgan fingerprint density at radius 3 is 2.22 bits per heavy atom. The molecule has 234 valence electrons. The van der Waals surface area contributed by atoms with Gasteiger partial charge in [-0.3, -0.25) is 0 Å². The van der Waals surface area contributed by atoms with E-state index in [-0.39, 0.29) is 23.4 Å². The van der Waals surface area contributed by atoms with Gasteiger partial charge in [-0.15, -0.1) is 0 Å². The van der Waals surface area contributed by atoms with E-state index >= 15 is 0 Å². The molecule has 0 spiro atoms. The largest absolute Gasteiger partial charge is 0.335 e. The third kappa shape index (κ3) is 4.35. The van der Waals surface area contributed by atoms with Crippen LogP contribution in [0.2, 0.25) is 0 Å². The number of allylic oxidation sites excluding steroid dienone is 3. The number of nitrogens with zero attached hydrogens (tertiary/aromatic N) is 4. The molecule has 5 aromatic carbocycles. The number of hydrogen-bond acceptors (Lipinski definition) is 4. The molecule has 0 radical (unpaired) electrons. The van der Waals surface area contributed by atoms with Crippen LogP contribution < -0.4 is 9.80 Å². The highest BCUT2D eigenvalue weighted by atomic mass is 15.2. The Morgan fingerprint density at radius 1 is 0.694 bits per heavy atom. The second kappa shape index (κ2) is 11.3. The first-order chi connectivity index (χ1) is 24.1. The maximum Gasteiger partial charge on any atom is 0.0998 e. The Bertz CT molecular complexity index is 2300. The number of hydrogen-bond donors (Lipinski definition) is 0. The van der Waals surface area contributed by atoms with E-state index in [1.54, 1.807) is 0 Å². The van der Waals surface area contributed by atoms with E-state index in [1.165, 1.54) is 16.8 Å². The molecule has 5 unspecified atom stereocenters. The summed E-state index contributed by atoms with van der Waals surface area (Å²) >= 11 is 0. The molecule has 5 aromatic rings. The maximum atomic E-state index is 10.5. The van der Waals surface area contributed by atoms with E-state index < -0.39 is 0 Å². The lowest BCUT2D eigenvalue weighted by Crippen LogP contribution is -2.46. The number of nitriles is 2. The van der Waals surface area contributed by atoms with Crippen LogP contribution in [0.25, 0.3) is 22.3 Å². The first-order valence-electron chi connectivity index (χ1n) is 17.0. The van der Waals surface area contributed by atoms with Gasteiger partial charge >= 0.3 is 0 Å². The fourth-order valence-electron chi connectivity index (χ4n) is 8.87. The Hall–Kier alpha value is -6.10. The number of fused-ring (bicyclic) bond motifs is 6. The van der Waals surface area contributed by atoms with E-state index in [1.807, 2.05) is 6.07 Å². The molecule has 0 saturated carbocycles. The predicted octanol–water partition coefficient (Wildman–Crippen LogP) is 10.5. The summed E-state index contributed by atoms with van der Waals surface area (Å²) in [6.45, 7) is 2.26. The number of anilines is 4. The molecule has 0 amide bonds. The minimum Gasteiger partial charge on any atom is -0.335 e. The molecule has 9 rings (SSSR count). The van der Waals surface area contributed by atoms with Crippen LogP contribution in [0.5, 0.6) is 0 Å². The van der Waals surface area contributed by atoms with Gasteiger partial charge in [0.1, 0.15) is 0 Å². The smallest absolute Gasteiger partial charge is 0.0998 e. The van der Waals surface area contributed by atoms with Crippen LogP contribution in [0.4, 0.5) is 22.7 Å². The Kier molecular flexibility index (Phi) is 6.68. The van der Waals surface area contributed by atoms with E-state index in [0.717, 1.165) is 45.7 Å². The van der Waals surface area contributed by atoms with Gasteiger partial charge in [-0.05, 0) is 77.6 Å². The highest BCUT2D eigenvalue weighted by Gasteiger charge is 2.52. The van der Waals surface area contributed by atoms with Crippen LogP contribution in [0.15, 0.2) is 152 Å². The normalized spacial score (nSPS) is 24.1. The highest BCUT2D eigenvalue weighted by molar-refractivity contribution is 5.88. The standard InChI is InChI=1S/C45H34N4/c1-45-26-10-11-32(28-46)44(45)49(43-19-9-5-15-39(43)45)40-16-6-2-12-36(40)31-22-25-35(33(27-31)29-47)30-20-23-34(24-21-30)48-41-17-7-3-13-37(41)38-14-4-8-18-42(38)48/h2-10,12-27,32,37,41,44H,11H2,1H3.